The molecule has 0 bridgehead atoms. The molecule has 3 fully saturated rings. The maximum absolute atomic E-state index is 13.4. The zero-order chi connectivity index (χ0) is 19.6. The summed E-state index contributed by atoms with van der Waals surface area (Å²) in [6.45, 7) is 3.16. The summed E-state index contributed by atoms with van der Waals surface area (Å²) in [5.41, 5.74) is 0.513. The summed E-state index contributed by atoms with van der Waals surface area (Å²) >= 11 is 0. The predicted molar refractivity (Wildman–Crippen MR) is 108 cm³/mol. The third-order valence-electron chi connectivity index (χ3n) is 6.98. The van der Waals surface area contributed by atoms with Crippen LogP contribution in [-0.2, 0) is 9.59 Å². The second kappa shape index (κ2) is 8.11. The van der Waals surface area contributed by atoms with Crippen molar-refractivity contribution in [2.45, 2.75) is 38.5 Å². The van der Waals surface area contributed by atoms with Crippen LogP contribution < -0.4 is 15.4 Å². The van der Waals surface area contributed by atoms with Gasteiger partial charge in [0.1, 0.15) is 5.75 Å². The number of piperidine rings is 1. The number of carbonyl (C=O) groups is 2. The molecular weight excluding hydrogens is 354 g/mol. The van der Waals surface area contributed by atoms with Gasteiger partial charge in [0.25, 0.3) is 0 Å². The highest BCUT2D eigenvalue weighted by Crippen LogP contribution is 2.45. The molecule has 1 aliphatic carbocycles. The number of rotatable bonds is 4. The van der Waals surface area contributed by atoms with Gasteiger partial charge in [-0.15, -0.1) is 0 Å². The van der Waals surface area contributed by atoms with Crippen molar-refractivity contribution < 1.29 is 14.3 Å². The van der Waals surface area contributed by atoms with Crippen molar-refractivity contribution in [3.63, 3.8) is 0 Å². The van der Waals surface area contributed by atoms with Crippen LogP contribution in [0.25, 0.3) is 0 Å². The number of fused-ring (bicyclic) bond motifs is 1. The lowest BCUT2D eigenvalue weighted by Crippen LogP contribution is -2.52. The van der Waals surface area contributed by atoms with E-state index in [1.54, 1.807) is 7.11 Å². The van der Waals surface area contributed by atoms with E-state index in [0.717, 1.165) is 45.2 Å². The fraction of sp³-hybridized carbons (Fsp3) is 0.636. The Kier molecular flexibility index (Phi) is 5.58. The predicted octanol–water partition coefficient (Wildman–Crippen LogP) is 2.65. The van der Waals surface area contributed by atoms with Crippen molar-refractivity contribution >= 4 is 17.5 Å². The van der Waals surface area contributed by atoms with Crippen LogP contribution in [0.4, 0.5) is 5.69 Å². The summed E-state index contributed by atoms with van der Waals surface area (Å²) in [7, 11) is 1.60. The molecule has 0 spiro atoms. The van der Waals surface area contributed by atoms with Gasteiger partial charge in [-0.2, -0.15) is 0 Å². The first-order valence-electron chi connectivity index (χ1n) is 10.6. The Morgan fingerprint density at radius 3 is 2.75 bits per heavy atom. The van der Waals surface area contributed by atoms with E-state index >= 15 is 0 Å². The summed E-state index contributed by atoms with van der Waals surface area (Å²) in [5.74, 6) is 1.44. The normalized spacial score (nSPS) is 27.9. The lowest BCUT2D eigenvalue weighted by molar-refractivity contribution is -0.147. The van der Waals surface area contributed by atoms with Crippen molar-refractivity contribution in [2.24, 2.45) is 17.3 Å². The number of para-hydroxylation sites is 2. The number of anilines is 1. The topological polar surface area (TPSA) is 70.7 Å². The number of likely N-dealkylation sites (tertiary alicyclic amines) is 1. The second-order valence-electron chi connectivity index (χ2n) is 8.49. The molecule has 6 heteroatoms. The van der Waals surface area contributed by atoms with Gasteiger partial charge in [-0.25, -0.2) is 0 Å². The third kappa shape index (κ3) is 3.50. The van der Waals surface area contributed by atoms with Gasteiger partial charge in [0.15, 0.2) is 0 Å². The number of nitrogens with zero attached hydrogens (tertiary/aromatic N) is 1. The van der Waals surface area contributed by atoms with Crippen molar-refractivity contribution in [1.29, 1.82) is 0 Å². The Morgan fingerprint density at radius 2 is 1.96 bits per heavy atom. The van der Waals surface area contributed by atoms with Gasteiger partial charge in [0, 0.05) is 25.6 Å². The van der Waals surface area contributed by atoms with Gasteiger partial charge in [-0.05, 0) is 50.3 Å². The Morgan fingerprint density at radius 1 is 1.18 bits per heavy atom. The molecule has 152 valence electrons. The number of methoxy groups -OCH3 is 1. The molecule has 0 unspecified atom stereocenters. The zero-order valence-corrected chi connectivity index (χ0v) is 16.7. The highest BCUT2D eigenvalue weighted by molar-refractivity contribution is 5.94. The van der Waals surface area contributed by atoms with Crippen LogP contribution >= 0.6 is 0 Å². The lowest BCUT2D eigenvalue weighted by atomic mass is 9.67. The Labute approximate surface area is 167 Å². The zero-order valence-electron chi connectivity index (χ0n) is 16.7. The van der Waals surface area contributed by atoms with E-state index in [-0.39, 0.29) is 17.2 Å². The highest BCUT2D eigenvalue weighted by Gasteiger charge is 2.51. The van der Waals surface area contributed by atoms with E-state index in [4.69, 9.17) is 4.74 Å². The minimum atomic E-state index is -0.190. The van der Waals surface area contributed by atoms with Crippen LogP contribution in [0, 0.1) is 17.3 Å². The molecule has 3 aliphatic rings. The van der Waals surface area contributed by atoms with Gasteiger partial charge in [-0.3, -0.25) is 9.59 Å². The lowest BCUT2D eigenvalue weighted by Gasteiger charge is -2.42. The number of amides is 2. The number of hydrogen-bond acceptors (Lipinski definition) is 4. The molecule has 2 saturated heterocycles. The van der Waals surface area contributed by atoms with E-state index in [2.05, 4.69) is 10.6 Å². The summed E-state index contributed by atoms with van der Waals surface area (Å²) in [4.78, 5) is 28.1. The Balaban J connectivity index is 1.35. The number of ether oxygens (including phenoxy) is 1. The molecule has 2 heterocycles. The quantitative estimate of drug-likeness (QED) is 0.836. The molecule has 28 heavy (non-hydrogen) atoms. The molecule has 1 aromatic carbocycles. The van der Waals surface area contributed by atoms with Crippen molar-refractivity contribution in [2.75, 3.05) is 38.6 Å². The summed E-state index contributed by atoms with van der Waals surface area (Å²) in [5, 5.41) is 6.46. The van der Waals surface area contributed by atoms with Gasteiger partial charge in [0.05, 0.1) is 18.2 Å². The molecule has 0 aromatic heterocycles. The minimum Gasteiger partial charge on any atom is -0.495 e. The monoisotopic (exact) mass is 385 g/mol. The van der Waals surface area contributed by atoms with E-state index in [1.807, 2.05) is 29.2 Å². The number of hydrogen-bond donors (Lipinski definition) is 2. The molecule has 1 saturated carbocycles. The molecule has 2 aliphatic heterocycles. The smallest absolute Gasteiger partial charge is 0.230 e. The highest BCUT2D eigenvalue weighted by atomic mass is 16.5. The summed E-state index contributed by atoms with van der Waals surface area (Å²) in [6, 6.07) is 7.46. The largest absolute Gasteiger partial charge is 0.495 e. The summed E-state index contributed by atoms with van der Waals surface area (Å²) in [6.07, 6.45) is 6.02. The van der Waals surface area contributed by atoms with Gasteiger partial charge < -0.3 is 20.3 Å². The standard InChI is InChI=1S/C22H31N3O3/c1-28-19-8-3-2-7-18(19)24-20(26)16-9-12-25(13-10-16)21(27)22-11-5-4-6-17(22)14-23-15-22/h2-3,7-8,16-17,23H,4-6,9-15H2,1H3,(H,24,26)/t17-,22+/m0/s1. The fourth-order valence-electron chi connectivity index (χ4n) is 5.31. The van der Waals surface area contributed by atoms with Crippen LogP contribution in [0.15, 0.2) is 24.3 Å². The van der Waals surface area contributed by atoms with Crippen molar-refractivity contribution in [3.05, 3.63) is 24.3 Å². The van der Waals surface area contributed by atoms with E-state index < -0.39 is 0 Å². The van der Waals surface area contributed by atoms with Crippen molar-refractivity contribution in [1.82, 2.24) is 10.2 Å². The SMILES string of the molecule is COc1ccccc1NC(=O)C1CCN(C(=O)[C@@]23CCCC[C@H]2CNC3)CC1. The van der Waals surface area contributed by atoms with Crippen LogP contribution in [0.5, 0.6) is 5.75 Å². The molecular formula is C22H31N3O3. The first-order valence-corrected chi connectivity index (χ1v) is 10.6. The number of carbonyl (C=O) groups excluding carboxylic acids is 2. The van der Waals surface area contributed by atoms with E-state index in [0.29, 0.717) is 36.4 Å². The second-order valence-corrected chi connectivity index (χ2v) is 8.49. The molecule has 2 amide bonds. The van der Waals surface area contributed by atoms with Crippen LogP contribution in [0.3, 0.4) is 0 Å². The molecule has 2 atom stereocenters. The van der Waals surface area contributed by atoms with Crippen LogP contribution in [0.1, 0.15) is 38.5 Å². The van der Waals surface area contributed by atoms with E-state index in [9.17, 15) is 9.59 Å². The minimum absolute atomic E-state index is 0.0211. The average molecular weight is 386 g/mol. The molecule has 2 N–H and O–H groups in total. The molecule has 1 aromatic rings. The first kappa shape index (κ1) is 19.2. The number of nitrogens with one attached hydrogen (secondary N) is 2. The molecule has 0 radical (unpaired) electrons. The number of benzene rings is 1. The van der Waals surface area contributed by atoms with E-state index in [1.165, 1.54) is 6.42 Å². The third-order valence-corrected chi connectivity index (χ3v) is 6.98. The average Bonchev–Trinajstić information content (AvgIpc) is 3.19. The fourth-order valence-corrected chi connectivity index (χ4v) is 5.31. The van der Waals surface area contributed by atoms with Gasteiger partial charge in [0.2, 0.25) is 11.8 Å². The Hall–Kier alpha value is -2.08. The van der Waals surface area contributed by atoms with Crippen LogP contribution in [-0.4, -0.2) is 50.0 Å². The molecule has 4 rings (SSSR count). The van der Waals surface area contributed by atoms with Crippen molar-refractivity contribution in [3.8, 4) is 5.75 Å². The van der Waals surface area contributed by atoms with Gasteiger partial charge in [-0.1, -0.05) is 25.0 Å². The maximum Gasteiger partial charge on any atom is 0.230 e. The summed E-state index contributed by atoms with van der Waals surface area (Å²) < 4.78 is 5.32. The van der Waals surface area contributed by atoms with Crippen LogP contribution in [0.2, 0.25) is 0 Å². The Bertz CT molecular complexity index is 729. The maximum atomic E-state index is 13.4. The molecule has 6 nitrogen and oxygen atoms in total. The first-order chi connectivity index (χ1) is 13.6. The van der Waals surface area contributed by atoms with Gasteiger partial charge >= 0.3 is 0 Å².